The third-order valence-corrected chi connectivity index (χ3v) is 5.68. The van der Waals surface area contributed by atoms with E-state index in [0.717, 1.165) is 42.0 Å². The highest BCUT2D eigenvalue weighted by atomic mass is 16.5. The third-order valence-electron chi connectivity index (χ3n) is 5.68. The Kier molecular flexibility index (Phi) is 5.95. The average molecular weight is 392 g/mol. The Labute approximate surface area is 171 Å². The SMILES string of the molecule is Cc1ccc2nc(-c3ccc(OCCCN4CCCCC4)cc3)n(C)c(=O)c2c1. The van der Waals surface area contributed by atoms with E-state index >= 15 is 0 Å². The van der Waals surface area contributed by atoms with E-state index in [2.05, 4.69) is 4.90 Å². The first-order chi connectivity index (χ1) is 14.1. The topological polar surface area (TPSA) is 47.4 Å². The molecule has 1 fully saturated rings. The van der Waals surface area contributed by atoms with Crippen molar-refractivity contribution in [1.82, 2.24) is 14.5 Å². The molecule has 0 atom stereocenters. The molecular weight excluding hydrogens is 362 g/mol. The first-order valence-electron chi connectivity index (χ1n) is 10.5. The number of rotatable bonds is 6. The van der Waals surface area contributed by atoms with Crippen LogP contribution < -0.4 is 10.3 Å². The lowest BCUT2D eigenvalue weighted by Crippen LogP contribution is -2.31. The second-order valence-corrected chi connectivity index (χ2v) is 7.95. The molecule has 4 rings (SSSR count). The molecule has 2 aromatic carbocycles. The zero-order chi connectivity index (χ0) is 20.2. The van der Waals surface area contributed by atoms with Crippen LogP contribution in [0.25, 0.3) is 22.3 Å². The summed E-state index contributed by atoms with van der Waals surface area (Å²) in [5.41, 5.74) is 2.68. The minimum Gasteiger partial charge on any atom is -0.494 e. The minimum absolute atomic E-state index is 0.0215. The fourth-order valence-corrected chi connectivity index (χ4v) is 4.00. The molecule has 5 nitrogen and oxygen atoms in total. The number of benzene rings is 2. The van der Waals surface area contributed by atoms with Crippen molar-refractivity contribution >= 4 is 10.9 Å². The van der Waals surface area contributed by atoms with Crippen molar-refractivity contribution in [3.8, 4) is 17.1 Å². The Balaban J connectivity index is 1.43. The van der Waals surface area contributed by atoms with Crippen molar-refractivity contribution in [3.05, 3.63) is 58.4 Å². The summed E-state index contributed by atoms with van der Waals surface area (Å²) < 4.78 is 7.53. The number of fused-ring (bicyclic) bond motifs is 1. The van der Waals surface area contributed by atoms with Crippen molar-refractivity contribution in [2.45, 2.75) is 32.6 Å². The van der Waals surface area contributed by atoms with Crippen LogP contribution in [-0.4, -0.2) is 40.7 Å². The molecule has 0 spiro atoms. The van der Waals surface area contributed by atoms with Gasteiger partial charge in [0.2, 0.25) is 0 Å². The van der Waals surface area contributed by atoms with Crippen molar-refractivity contribution < 1.29 is 4.74 Å². The van der Waals surface area contributed by atoms with E-state index in [4.69, 9.17) is 9.72 Å². The summed E-state index contributed by atoms with van der Waals surface area (Å²) in [6.07, 6.45) is 5.07. The molecule has 3 aromatic rings. The first-order valence-corrected chi connectivity index (χ1v) is 10.5. The van der Waals surface area contributed by atoms with Crippen LogP contribution >= 0.6 is 0 Å². The molecule has 5 heteroatoms. The lowest BCUT2D eigenvalue weighted by atomic mass is 10.1. The van der Waals surface area contributed by atoms with Crippen LogP contribution in [0.5, 0.6) is 5.75 Å². The molecule has 0 unspecified atom stereocenters. The number of likely N-dealkylation sites (tertiary alicyclic amines) is 1. The van der Waals surface area contributed by atoms with Gasteiger partial charge in [-0.25, -0.2) is 4.98 Å². The molecule has 0 N–H and O–H groups in total. The highest BCUT2D eigenvalue weighted by Crippen LogP contribution is 2.22. The summed E-state index contributed by atoms with van der Waals surface area (Å²) in [6.45, 7) is 6.28. The summed E-state index contributed by atoms with van der Waals surface area (Å²) in [4.78, 5) is 20.0. The number of piperidine rings is 1. The molecule has 152 valence electrons. The van der Waals surface area contributed by atoms with Crippen molar-refractivity contribution in [2.24, 2.45) is 7.05 Å². The standard InChI is InChI=1S/C24H29N3O2/c1-18-7-12-22-21(17-18)24(28)26(2)23(25-22)19-8-10-20(11-9-19)29-16-6-15-27-13-4-3-5-14-27/h7-12,17H,3-6,13-16H2,1-2H3. The van der Waals surface area contributed by atoms with Crippen LogP contribution in [0.3, 0.4) is 0 Å². The predicted molar refractivity (Wildman–Crippen MR) is 118 cm³/mol. The maximum Gasteiger partial charge on any atom is 0.261 e. The molecule has 1 aliphatic rings. The molecule has 2 heterocycles. The van der Waals surface area contributed by atoms with Crippen molar-refractivity contribution in [1.29, 1.82) is 0 Å². The summed E-state index contributed by atoms with van der Waals surface area (Å²) in [5.74, 6) is 1.52. The number of ether oxygens (including phenoxy) is 1. The zero-order valence-corrected chi connectivity index (χ0v) is 17.4. The van der Waals surface area contributed by atoms with Crippen molar-refractivity contribution in [3.63, 3.8) is 0 Å². The normalized spacial score (nSPS) is 15.0. The maximum absolute atomic E-state index is 12.7. The van der Waals surface area contributed by atoms with E-state index in [1.54, 1.807) is 11.6 Å². The lowest BCUT2D eigenvalue weighted by molar-refractivity contribution is 0.205. The summed E-state index contributed by atoms with van der Waals surface area (Å²) in [7, 11) is 1.78. The Hall–Kier alpha value is -2.66. The molecule has 0 saturated carbocycles. The molecule has 0 radical (unpaired) electrons. The van der Waals surface area contributed by atoms with Gasteiger partial charge in [-0.1, -0.05) is 18.1 Å². The smallest absolute Gasteiger partial charge is 0.261 e. The maximum atomic E-state index is 12.7. The predicted octanol–water partition coefficient (Wildman–Crippen LogP) is 4.16. The van der Waals surface area contributed by atoms with E-state index < -0.39 is 0 Å². The van der Waals surface area contributed by atoms with Crippen LogP contribution in [0.4, 0.5) is 0 Å². The quantitative estimate of drug-likeness (QED) is 0.592. The highest BCUT2D eigenvalue weighted by Gasteiger charge is 2.11. The van der Waals surface area contributed by atoms with E-state index in [9.17, 15) is 4.79 Å². The molecule has 0 amide bonds. The lowest BCUT2D eigenvalue weighted by Gasteiger charge is -2.26. The number of hydrogen-bond acceptors (Lipinski definition) is 4. The van der Waals surface area contributed by atoms with E-state index in [0.29, 0.717) is 11.2 Å². The molecule has 0 bridgehead atoms. The first kappa shape index (κ1) is 19.6. The minimum atomic E-state index is -0.0215. The summed E-state index contributed by atoms with van der Waals surface area (Å²) in [5, 5.41) is 0.657. The molecule has 29 heavy (non-hydrogen) atoms. The average Bonchev–Trinajstić information content (AvgIpc) is 2.75. The number of nitrogens with zero attached hydrogens (tertiary/aromatic N) is 3. The van der Waals surface area contributed by atoms with Gasteiger partial charge in [0.25, 0.3) is 5.56 Å². The number of hydrogen-bond donors (Lipinski definition) is 0. The van der Waals surface area contributed by atoms with Gasteiger partial charge in [0, 0.05) is 19.2 Å². The Morgan fingerprint density at radius 1 is 1.03 bits per heavy atom. The zero-order valence-electron chi connectivity index (χ0n) is 17.4. The fraction of sp³-hybridized carbons (Fsp3) is 0.417. The van der Waals surface area contributed by atoms with Gasteiger partial charge < -0.3 is 9.64 Å². The second-order valence-electron chi connectivity index (χ2n) is 7.95. The van der Waals surface area contributed by atoms with Crippen LogP contribution in [0.15, 0.2) is 47.3 Å². The summed E-state index contributed by atoms with van der Waals surface area (Å²) in [6, 6.07) is 13.7. The Bertz CT molecular complexity index is 1030. The van der Waals surface area contributed by atoms with Gasteiger partial charge in [0.05, 0.1) is 17.5 Å². The van der Waals surface area contributed by atoms with Gasteiger partial charge in [-0.3, -0.25) is 9.36 Å². The number of aryl methyl sites for hydroxylation is 1. The van der Waals surface area contributed by atoms with Crippen LogP contribution in [0.2, 0.25) is 0 Å². The molecular formula is C24H29N3O2. The van der Waals surface area contributed by atoms with E-state index in [1.807, 2.05) is 49.4 Å². The van der Waals surface area contributed by atoms with Gasteiger partial charge in [-0.05, 0) is 75.7 Å². The second kappa shape index (κ2) is 8.78. The van der Waals surface area contributed by atoms with E-state index in [-0.39, 0.29) is 5.56 Å². The van der Waals surface area contributed by atoms with Gasteiger partial charge >= 0.3 is 0 Å². The Morgan fingerprint density at radius 2 is 1.79 bits per heavy atom. The van der Waals surface area contributed by atoms with Gasteiger partial charge in [0.15, 0.2) is 0 Å². The third kappa shape index (κ3) is 4.51. The highest BCUT2D eigenvalue weighted by molar-refractivity contribution is 5.80. The van der Waals surface area contributed by atoms with Gasteiger partial charge in [-0.2, -0.15) is 0 Å². The largest absolute Gasteiger partial charge is 0.494 e. The monoisotopic (exact) mass is 391 g/mol. The van der Waals surface area contributed by atoms with Gasteiger partial charge in [-0.15, -0.1) is 0 Å². The van der Waals surface area contributed by atoms with E-state index in [1.165, 1.54) is 32.4 Å². The van der Waals surface area contributed by atoms with Crippen LogP contribution in [0.1, 0.15) is 31.2 Å². The molecule has 1 saturated heterocycles. The Morgan fingerprint density at radius 3 is 2.55 bits per heavy atom. The molecule has 1 aliphatic heterocycles. The molecule has 0 aliphatic carbocycles. The van der Waals surface area contributed by atoms with Crippen LogP contribution in [0, 0.1) is 6.92 Å². The summed E-state index contributed by atoms with van der Waals surface area (Å²) >= 11 is 0. The number of aromatic nitrogens is 2. The van der Waals surface area contributed by atoms with Crippen molar-refractivity contribution in [2.75, 3.05) is 26.2 Å². The fourth-order valence-electron chi connectivity index (χ4n) is 4.00. The molecule has 1 aromatic heterocycles. The van der Waals surface area contributed by atoms with Crippen LogP contribution in [-0.2, 0) is 7.05 Å². The van der Waals surface area contributed by atoms with Gasteiger partial charge in [0.1, 0.15) is 11.6 Å².